The number of aliphatic hydroxyl groups excluding tert-OH is 1. The number of hydrogen-bond donors (Lipinski definition) is 2. The van der Waals surface area contributed by atoms with Gasteiger partial charge in [-0.25, -0.2) is 0 Å². The zero-order valence-corrected chi connectivity index (χ0v) is 19.1. The SMILES string of the molecule is C=CCOc1ccc(C(O)=C2C(=O)C(=O)N(Cc3ccco3)[C@@H]2c2ccc(O)c(OCC)c2)cc1. The molecular weight excluding hydrogens is 450 g/mol. The van der Waals surface area contributed by atoms with Crippen LogP contribution in [-0.4, -0.2) is 40.0 Å². The van der Waals surface area contributed by atoms with E-state index in [2.05, 4.69) is 6.58 Å². The Bertz CT molecular complexity index is 1260. The molecule has 1 atom stereocenters. The van der Waals surface area contributed by atoms with Gasteiger partial charge in [-0.05, 0) is 61.0 Å². The summed E-state index contributed by atoms with van der Waals surface area (Å²) in [5.74, 6) is -0.745. The van der Waals surface area contributed by atoms with Gasteiger partial charge in [0.1, 0.15) is 23.9 Å². The van der Waals surface area contributed by atoms with Crippen LogP contribution in [0, 0.1) is 0 Å². The number of carbonyl (C=O) groups is 2. The van der Waals surface area contributed by atoms with Crippen LogP contribution in [0.25, 0.3) is 5.76 Å². The van der Waals surface area contributed by atoms with Crippen LogP contribution in [0.1, 0.15) is 29.9 Å². The summed E-state index contributed by atoms with van der Waals surface area (Å²) >= 11 is 0. The number of ketones is 1. The van der Waals surface area contributed by atoms with Gasteiger partial charge in [-0.1, -0.05) is 18.7 Å². The molecule has 1 aromatic heterocycles. The van der Waals surface area contributed by atoms with Crippen molar-refractivity contribution in [1.82, 2.24) is 4.90 Å². The largest absolute Gasteiger partial charge is 0.507 e. The number of Topliss-reactive ketones (excluding diaryl/α,β-unsaturated/α-hetero) is 1. The van der Waals surface area contributed by atoms with Crippen LogP contribution < -0.4 is 9.47 Å². The van der Waals surface area contributed by atoms with Gasteiger partial charge < -0.3 is 29.0 Å². The predicted molar refractivity (Wildman–Crippen MR) is 128 cm³/mol. The lowest BCUT2D eigenvalue weighted by Crippen LogP contribution is -2.29. The summed E-state index contributed by atoms with van der Waals surface area (Å²) in [6.07, 6.45) is 3.09. The Morgan fingerprint density at radius 1 is 1.14 bits per heavy atom. The molecule has 8 heteroatoms. The van der Waals surface area contributed by atoms with Crippen molar-refractivity contribution in [2.45, 2.75) is 19.5 Å². The summed E-state index contributed by atoms with van der Waals surface area (Å²) in [6.45, 7) is 6.03. The fraction of sp³-hybridized carbons (Fsp3) is 0.185. The number of amides is 1. The van der Waals surface area contributed by atoms with E-state index < -0.39 is 17.7 Å². The number of benzene rings is 2. The summed E-state index contributed by atoms with van der Waals surface area (Å²) < 4.78 is 16.4. The highest BCUT2D eigenvalue weighted by Gasteiger charge is 2.46. The number of aromatic hydroxyl groups is 1. The Morgan fingerprint density at radius 3 is 2.57 bits per heavy atom. The third-order valence-corrected chi connectivity index (χ3v) is 5.54. The predicted octanol–water partition coefficient (Wildman–Crippen LogP) is 4.57. The smallest absolute Gasteiger partial charge is 0.296 e. The van der Waals surface area contributed by atoms with E-state index in [1.165, 1.54) is 17.2 Å². The average molecular weight is 475 g/mol. The van der Waals surface area contributed by atoms with Crippen LogP contribution in [-0.2, 0) is 16.1 Å². The lowest BCUT2D eigenvalue weighted by molar-refractivity contribution is -0.140. The van der Waals surface area contributed by atoms with Crippen LogP contribution >= 0.6 is 0 Å². The quantitative estimate of drug-likeness (QED) is 0.202. The molecule has 2 N–H and O–H groups in total. The zero-order chi connectivity index (χ0) is 24.9. The molecule has 0 saturated carbocycles. The van der Waals surface area contributed by atoms with Gasteiger partial charge in [0.05, 0.1) is 31.0 Å². The number of nitrogens with zero attached hydrogens (tertiary/aromatic N) is 1. The maximum absolute atomic E-state index is 13.2. The Hall–Kier alpha value is -4.46. The monoisotopic (exact) mass is 475 g/mol. The Kier molecular flexibility index (Phi) is 6.91. The summed E-state index contributed by atoms with van der Waals surface area (Å²) in [5, 5.41) is 21.4. The van der Waals surface area contributed by atoms with E-state index in [9.17, 15) is 19.8 Å². The van der Waals surface area contributed by atoms with Gasteiger partial charge in [-0.15, -0.1) is 0 Å². The molecular formula is C27H25NO7. The van der Waals surface area contributed by atoms with E-state index in [4.69, 9.17) is 13.9 Å². The van der Waals surface area contributed by atoms with Gasteiger partial charge >= 0.3 is 0 Å². The number of phenols is 1. The standard InChI is InChI=1S/C27H25NO7/c1-3-13-34-19-10-7-17(8-11-19)25(30)23-24(18-9-12-21(29)22(15-18)33-4-2)28(27(32)26(23)31)16-20-6-5-14-35-20/h3,5-12,14-15,24,29-30H,1,4,13,16H2,2H3/t24-/m1/s1. The summed E-state index contributed by atoms with van der Waals surface area (Å²) in [6, 6.07) is 13.5. The molecule has 0 spiro atoms. The molecule has 180 valence electrons. The fourth-order valence-corrected chi connectivity index (χ4v) is 3.95. The molecule has 0 radical (unpaired) electrons. The molecule has 1 fully saturated rings. The molecule has 0 unspecified atom stereocenters. The summed E-state index contributed by atoms with van der Waals surface area (Å²) in [7, 11) is 0. The van der Waals surface area contributed by atoms with E-state index >= 15 is 0 Å². The van der Waals surface area contributed by atoms with Gasteiger partial charge in [0.25, 0.3) is 11.7 Å². The van der Waals surface area contributed by atoms with E-state index in [1.807, 2.05) is 0 Å². The first-order chi connectivity index (χ1) is 16.9. The third kappa shape index (κ3) is 4.77. The maximum Gasteiger partial charge on any atom is 0.296 e. The van der Waals surface area contributed by atoms with E-state index in [0.717, 1.165) is 0 Å². The molecule has 0 aliphatic carbocycles. The Labute approximate surface area is 202 Å². The number of carbonyl (C=O) groups excluding carboxylic acids is 2. The number of ether oxygens (including phenoxy) is 2. The van der Waals surface area contributed by atoms with Crippen molar-refractivity contribution in [3.63, 3.8) is 0 Å². The number of hydrogen-bond acceptors (Lipinski definition) is 7. The second kappa shape index (κ2) is 10.2. The van der Waals surface area contributed by atoms with Crippen molar-refractivity contribution in [2.24, 2.45) is 0 Å². The highest BCUT2D eigenvalue weighted by atomic mass is 16.5. The van der Waals surface area contributed by atoms with Gasteiger partial charge in [-0.2, -0.15) is 0 Å². The molecule has 2 heterocycles. The second-order valence-electron chi connectivity index (χ2n) is 7.79. The van der Waals surface area contributed by atoms with Crippen molar-refractivity contribution in [3.8, 4) is 17.2 Å². The van der Waals surface area contributed by atoms with Gasteiger partial charge in [0.2, 0.25) is 0 Å². The molecule has 0 bridgehead atoms. The lowest BCUT2D eigenvalue weighted by atomic mass is 9.95. The number of furan rings is 1. The molecule has 1 amide bonds. The van der Waals surface area contributed by atoms with Crippen LogP contribution in [0.4, 0.5) is 0 Å². The minimum Gasteiger partial charge on any atom is -0.507 e. The highest BCUT2D eigenvalue weighted by molar-refractivity contribution is 6.46. The molecule has 2 aromatic carbocycles. The lowest BCUT2D eigenvalue weighted by Gasteiger charge is -2.25. The zero-order valence-electron chi connectivity index (χ0n) is 19.1. The molecule has 3 aromatic rings. The number of phenolic OH excluding ortho intramolecular Hbond substituents is 1. The summed E-state index contributed by atoms with van der Waals surface area (Å²) in [5.41, 5.74) is 0.764. The highest BCUT2D eigenvalue weighted by Crippen LogP contribution is 2.42. The van der Waals surface area contributed by atoms with Crippen molar-refractivity contribution in [1.29, 1.82) is 0 Å². The Morgan fingerprint density at radius 2 is 1.91 bits per heavy atom. The van der Waals surface area contributed by atoms with Crippen LogP contribution in [0.15, 0.2) is 83.5 Å². The van der Waals surface area contributed by atoms with E-state index in [1.54, 1.807) is 61.5 Å². The second-order valence-corrected chi connectivity index (χ2v) is 7.79. The topological polar surface area (TPSA) is 109 Å². The van der Waals surface area contributed by atoms with Gasteiger partial charge in [0, 0.05) is 5.56 Å². The third-order valence-electron chi connectivity index (χ3n) is 5.54. The summed E-state index contributed by atoms with van der Waals surface area (Å²) in [4.78, 5) is 27.6. The number of likely N-dealkylation sites (tertiary alicyclic amines) is 1. The minimum atomic E-state index is -0.934. The van der Waals surface area contributed by atoms with E-state index in [0.29, 0.717) is 35.9 Å². The molecule has 1 aliphatic heterocycles. The van der Waals surface area contributed by atoms with Crippen LogP contribution in [0.2, 0.25) is 0 Å². The molecule has 1 saturated heterocycles. The molecule has 35 heavy (non-hydrogen) atoms. The maximum atomic E-state index is 13.2. The normalized spacial score (nSPS) is 16.9. The van der Waals surface area contributed by atoms with Crippen LogP contribution in [0.3, 0.4) is 0 Å². The van der Waals surface area contributed by atoms with Gasteiger partial charge in [-0.3, -0.25) is 9.59 Å². The average Bonchev–Trinajstić information content (AvgIpc) is 3.47. The first-order valence-electron chi connectivity index (χ1n) is 11.0. The number of rotatable bonds is 9. The first kappa shape index (κ1) is 23.7. The number of aliphatic hydroxyl groups is 1. The van der Waals surface area contributed by atoms with Crippen LogP contribution in [0.5, 0.6) is 17.2 Å². The van der Waals surface area contributed by atoms with Crippen molar-refractivity contribution >= 4 is 17.4 Å². The van der Waals surface area contributed by atoms with Crippen molar-refractivity contribution in [3.05, 3.63) is 96.0 Å². The molecule has 4 rings (SSSR count). The Balaban J connectivity index is 1.82. The fourth-order valence-electron chi connectivity index (χ4n) is 3.95. The molecule has 8 nitrogen and oxygen atoms in total. The molecule has 1 aliphatic rings. The first-order valence-corrected chi connectivity index (χ1v) is 11.0. The van der Waals surface area contributed by atoms with Gasteiger partial charge in [0.15, 0.2) is 11.5 Å². The van der Waals surface area contributed by atoms with E-state index in [-0.39, 0.29) is 29.4 Å². The van der Waals surface area contributed by atoms with Crippen molar-refractivity contribution < 1.29 is 33.7 Å². The minimum absolute atomic E-state index is 0.0121. The van der Waals surface area contributed by atoms with Crippen molar-refractivity contribution in [2.75, 3.05) is 13.2 Å².